The van der Waals surface area contributed by atoms with Crippen LogP contribution < -0.4 is 20.2 Å². The molecule has 2 amide bonds. The first-order valence-electron chi connectivity index (χ1n) is 11.4. The van der Waals surface area contributed by atoms with E-state index >= 15 is 0 Å². The summed E-state index contributed by atoms with van der Waals surface area (Å²) in [5, 5.41) is 4.51. The van der Waals surface area contributed by atoms with Crippen molar-refractivity contribution in [2.24, 2.45) is 0 Å². The molecule has 1 aliphatic heterocycles. The maximum absolute atomic E-state index is 12.5. The van der Waals surface area contributed by atoms with E-state index in [1.807, 2.05) is 61.5 Å². The van der Waals surface area contributed by atoms with Crippen molar-refractivity contribution in [1.29, 1.82) is 0 Å². The van der Waals surface area contributed by atoms with Gasteiger partial charge in [-0.2, -0.15) is 0 Å². The Morgan fingerprint density at radius 3 is 2.48 bits per heavy atom. The first kappa shape index (κ1) is 24.2. The smallest absolute Gasteiger partial charge is 0.244 e. The van der Waals surface area contributed by atoms with Gasteiger partial charge in [-0.15, -0.1) is 0 Å². The average molecular weight is 452 g/mol. The third-order valence-electron chi connectivity index (χ3n) is 5.52. The molecule has 0 bridgehead atoms. The number of carbonyl (C=O) groups is 2. The largest absolute Gasteiger partial charge is 0.497 e. The van der Waals surface area contributed by atoms with Crippen LogP contribution in [0.4, 0.5) is 0 Å². The lowest BCUT2D eigenvalue weighted by Crippen LogP contribution is -2.46. The minimum atomic E-state index is -0.137. The third-order valence-corrected chi connectivity index (χ3v) is 5.52. The summed E-state index contributed by atoms with van der Waals surface area (Å²) in [5.41, 5.74) is 5.93. The van der Waals surface area contributed by atoms with Crippen molar-refractivity contribution in [2.45, 2.75) is 45.6 Å². The molecule has 7 heteroatoms. The number of nitrogens with one attached hydrogen (secondary N) is 2. The molecule has 1 atom stereocenters. The second-order valence-corrected chi connectivity index (χ2v) is 8.02. The van der Waals surface area contributed by atoms with Crippen LogP contribution in [0.15, 0.2) is 54.6 Å². The highest BCUT2D eigenvalue weighted by Crippen LogP contribution is 2.21. The Labute approximate surface area is 195 Å². The fraction of sp³-hybridized carbons (Fsp3) is 0.385. The van der Waals surface area contributed by atoms with Gasteiger partial charge in [0.1, 0.15) is 11.5 Å². The number of benzene rings is 2. The zero-order chi connectivity index (χ0) is 23.6. The monoisotopic (exact) mass is 451 g/mol. The Hall–Kier alpha value is -3.48. The van der Waals surface area contributed by atoms with Gasteiger partial charge in [-0.1, -0.05) is 25.5 Å². The van der Waals surface area contributed by atoms with E-state index in [0.717, 1.165) is 41.2 Å². The molecule has 1 aliphatic rings. The molecule has 1 heterocycles. The number of carbonyl (C=O) groups excluding carboxylic acids is 2. The first-order chi connectivity index (χ1) is 16.0. The number of hydrogen-bond donors (Lipinski definition) is 2. The topological polar surface area (TPSA) is 79.9 Å². The molecule has 2 aromatic rings. The van der Waals surface area contributed by atoms with Gasteiger partial charge in [0.05, 0.1) is 32.0 Å². The first-order valence-corrected chi connectivity index (χ1v) is 11.4. The van der Waals surface area contributed by atoms with Crippen LogP contribution in [0.2, 0.25) is 0 Å². The standard InChI is InChI=1S/C26H33N3O4/c1-4-5-18-33-23-12-6-20(7-13-23)19(2)27-25(30)16-17-29-26(31)15-14-24(28-29)21-8-10-22(32-3)11-9-21/h6-14,19,28H,4-5,15-18H2,1-3H3,(H,27,30). The molecular formula is C26H33N3O4. The van der Waals surface area contributed by atoms with E-state index in [9.17, 15) is 9.59 Å². The number of amides is 2. The quantitative estimate of drug-likeness (QED) is 0.500. The van der Waals surface area contributed by atoms with Gasteiger partial charge in [0.25, 0.3) is 0 Å². The number of nitrogens with zero attached hydrogens (tertiary/aromatic N) is 1. The number of hydrogen-bond acceptors (Lipinski definition) is 5. The van der Waals surface area contributed by atoms with E-state index in [2.05, 4.69) is 17.7 Å². The lowest BCUT2D eigenvalue weighted by molar-refractivity contribution is -0.133. The van der Waals surface area contributed by atoms with Gasteiger partial charge in [-0.25, -0.2) is 0 Å². The molecule has 0 radical (unpaired) electrons. The summed E-state index contributed by atoms with van der Waals surface area (Å²) in [6, 6.07) is 15.3. The van der Waals surface area contributed by atoms with Gasteiger partial charge in [-0.3, -0.25) is 20.0 Å². The van der Waals surface area contributed by atoms with Crippen molar-refractivity contribution < 1.29 is 19.1 Å². The van der Waals surface area contributed by atoms with Crippen molar-refractivity contribution in [3.63, 3.8) is 0 Å². The van der Waals surface area contributed by atoms with Crippen LogP contribution in [0, 0.1) is 0 Å². The van der Waals surface area contributed by atoms with Gasteiger partial charge in [-0.05, 0) is 66.9 Å². The Balaban J connectivity index is 1.48. The highest BCUT2D eigenvalue weighted by molar-refractivity contribution is 5.84. The Morgan fingerprint density at radius 2 is 1.82 bits per heavy atom. The summed E-state index contributed by atoms with van der Waals surface area (Å²) in [7, 11) is 1.62. The van der Waals surface area contributed by atoms with Crippen molar-refractivity contribution in [2.75, 3.05) is 20.3 Å². The number of rotatable bonds is 11. The zero-order valence-corrected chi connectivity index (χ0v) is 19.6. The maximum atomic E-state index is 12.5. The van der Waals surface area contributed by atoms with E-state index in [4.69, 9.17) is 9.47 Å². The number of unbranched alkanes of at least 4 members (excludes halogenated alkanes) is 1. The fourth-order valence-electron chi connectivity index (χ4n) is 3.48. The lowest BCUT2D eigenvalue weighted by atomic mass is 10.1. The molecular weight excluding hydrogens is 418 g/mol. The van der Waals surface area contributed by atoms with Crippen LogP contribution in [-0.4, -0.2) is 37.1 Å². The molecule has 0 aromatic heterocycles. The molecule has 0 spiro atoms. The Bertz CT molecular complexity index is 955. The predicted octanol–water partition coefficient (Wildman–Crippen LogP) is 4.22. The van der Waals surface area contributed by atoms with E-state index < -0.39 is 0 Å². The van der Waals surface area contributed by atoms with E-state index in [1.165, 1.54) is 5.01 Å². The number of ether oxygens (including phenoxy) is 2. The second kappa shape index (κ2) is 11.9. The molecule has 0 aliphatic carbocycles. The third kappa shape index (κ3) is 7.00. The minimum absolute atomic E-state index is 0.0632. The van der Waals surface area contributed by atoms with E-state index in [-0.39, 0.29) is 30.8 Å². The van der Waals surface area contributed by atoms with Gasteiger partial charge < -0.3 is 14.8 Å². The summed E-state index contributed by atoms with van der Waals surface area (Å²) in [5.74, 6) is 1.43. The summed E-state index contributed by atoms with van der Waals surface area (Å²) < 4.78 is 10.9. The Kier molecular flexibility index (Phi) is 8.75. The summed E-state index contributed by atoms with van der Waals surface area (Å²) in [4.78, 5) is 24.8. The number of methoxy groups -OCH3 is 1. The summed E-state index contributed by atoms with van der Waals surface area (Å²) in [6.07, 6.45) is 4.48. The molecule has 2 aromatic carbocycles. The molecule has 0 saturated carbocycles. The van der Waals surface area contributed by atoms with Crippen LogP contribution in [0.1, 0.15) is 56.7 Å². The number of hydrazine groups is 1. The molecule has 176 valence electrons. The molecule has 2 N–H and O–H groups in total. The van der Waals surface area contributed by atoms with Crippen LogP contribution in [0.25, 0.3) is 5.70 Å². The van der Waals surface area contributed by atoms with Gasteiger partial charge >= 0.3 is 0 Å². The van der Waals surface area contributed by atoms with Crippen LogP contribution in [0.5, 0.6) is 11.5 Å². The minimum Gasteiger partial charge on any atom is -0.497 e. The van der Waals surface area contributed by atoms with Gasteiger partial charge in [0, 0.05) is 12.8 Å². The zero-order valence-electron chi connectivity index (χ0n) is 19.6. The molecule has 33 heavy (non-hydrogen) atoms. The molecule has 7 nitrogen and oxygen atoms in total. The van der Waals surface area contributed by atoms with Crippen LogP contribution >= 0.6 is 0 Å². The summed E-state index contributed by atoms with van der Waals surface area (Å²) in [6.45, 7) is 5.07. The second-order valence-electron chi connectivity index (χ2n) is 8.02. The normalized spacial score (nSPS) is 14.2. The van der Waals surface area contributed by atoms with Crippen molar-refractivity contribution >= 4 is 17.5 Å². The van der Waals surface area contributed by atoms with Crippen LogP contribution in [-0.2, 0) is 9.59 Å². The van der Waals surface area contributed by atoms with Gasteiger partial charge in [0.15, 0.2) is 0 Å². The maximum Gasteiger partial charge on any atom is 0.244 e. The molecule has 3 rings (SSSR count). The van der Waals surface area contributed by atoms with Crippen molar-refractivity contribution in [3.8, 4) is 11.5 Å². The molecule has 0 fully saturated rings. The lowest BCUT2D eigenvalue weighted by Gasteiger charge is -2.29. The average Bonchev–Trinajstić information content (AvgIpc) is 2.84. The van der Waals surface area contributed by atoms with Gasteiger partial charge in [0.2, 0.25) is 11.8 Å². The van der Waals surface area contributed by atoms with Crippen molar-refractivity contribution in [1.82, 2.24) is 15.8 Å². The van der Waals surface area contributed by atoms with E-state index in [1.54, 1.807) is 7.11 Å². The highest BCUT2D eigenvalue weighted by atomic mass is 16.5. The molecule has 1 unspecified atom stereocenters. The fourth-order valence-corrected chi connectivity index (χ4v) is 3.48. The summed E-state index contributed by atoms with van der Waals surface area (Å²) >= 11 is 0. The predicted molar refractivity (Wildman–Crippen MR) is 128 cm³/mol. The van der Waals surface area contributed by atoms with Crippen LogP contribution in [0.3, 0.4) is 0 Å². The molecule has 0 saturated heterocycles. The van der Waals surface area contributed by atoms with Crippen molar-refractivity contribution in [3.05, 3.63) is 65.7 Å². The van der Waals surface area contributed by atoms with E-state index in [0.29, 0.717) is 13.0 Å². The SMILES string of the molecule is CCCCOc1ccc(C(C)NC(=O)CCN2NC(c3ccc(OC)cc3)=CCC2=O)cc1. The Morgan fingerprint density at radius 1 is 1.12 bits per heavy atom. The highest BCUT2D eigenvalue weighted by Gasteiger charge is 2.21.